The van der Waals surface area contributed by atoms with Crippen LogP contribution in [0.15, 0.2) is 70.2 Å². The summed E-state index contributed by atoms with van der Waals surface area (Å²) < 4.78 is 22.3. The summed E-state index contributed by atoms with van der Waals surface area (Å²) in [6.45, 7) is 1.58. The van der Waals surface area contributed by atoms with Crippen LogP contribution in [0.2, 0.25) is 5.02 Å². The molecule has 1 amide bonds. The highest BCUT2D eigenvalue weighted by molar-refractivity contribution is 9.10. The lowest BCUT2D eigenvalue weighted by molar-refractivity contribution is -0.127. The highest BCUT2D eigenvalue weighted by atomic mass is 79.9. The predicted molar refractivity (Wildman–Crippen MR) is 136 cm³/mol. The lowest BCUT2D eigenvalue weighted by atomic mass is 10.2. The quantitative estimate of drug-likeness (QED) is 0.166. The van der Waals surface area contributed by atoms with Gasteiger partial charge < -0.3 is 18.9 Å². The number of esters is 1. The number of halogens is 2. The van der Waals surface area contributed by atoms with Crippen molar-refractivity contribution in [3.05, 3.63) is 81.3 Å². The summed E-state index contributed by atoms with van der Waals surface area (Å²) in [5.41, 5.74) is 3.14. The van der Waals surface area contributed by atoms with Gasteiger partial charge in [0.15, 0.2) is 17.6 Å². The second-order valence-corrected chi connectivity index (χ2v) is 8.45. The van der Waals surface area contributed by atoms with Crippen LogP contribution in [0.5, 0.6) is 23.0 Å². The van der Waals surface area contributed by atoms with Gasteiger partial charge in [-0.05, 0) is 61.5 Å². The summed E-state index contributed by atoms with van der Waals surface area (Å²) >= 11 is 9.31. The van der Waals surface area contributed by atoms with Gasteiger partial charge in [-0.1, -0.05) is 33.6 Å². The average molecular weight is 562 g/mol. The maximum atomic E-state index is 12.7. The van der Waals surface area contributed by atoms with E-state index in [0.29, 0.717) is 27.8 Å². The normalized spacial score (nSPS) is 11.6. The smallest absolute Gasteiger partial charge is 0.343 e. The van der Waals surface area contributed by atoms with E-state index in [1.165, 1.54) is 26.5 Å². The maximum Gasteiger partial charge on any atom is 0.343 e. The Morgan fingerprint density at radius 3 is 2.46 bits per heavy atom. The first-order valence-electron chi connectivity index (χ1n) is 10.3. The number of ether oxygens (including phenoxy) is 4. The lowest BCUT2D eigenvalue weighted by Crippen LogP contribution is -2.33. The molecule has 0 aliphatic carbocycles. The molecule has 35 heavy (non-hydrogen) atoms. The Kier molecular flexibility index (Phi) is 9.11. The minimum atomic E-state index is -0.824. The molecule has 8 nitrogen and oxygen atoms in total. The number of carbonyl (C=O) groups is 2. The van der Waals surface area contributed by atoms with E-state index >= 15 is 0 Å². The molecule has 0 aliphatic heterocycles. The zero-order chi connectivity index (χ0) is 25.4. The Hall–Kier alpha value is -3.56. The summed E-state index contributed by atoms with van der Waals surface area (Å²) in [6.07, 6.45) is 0.543. The molecular weight excluding hydrogens is 540 g/mol. The van der Waals surface area contributed by atoms with Crippen molar-refractivity contribution in [1.82, 2.24) is 5.43 Å². The molecule has 3 aromatic rings. The van der Waals surface area contributed by atoms with E-state index in [0.717, 1.165) is 4.47 Å². The number of rotatable bonds is 9. The predicted octanol–water partition coefficient (Wildman–Crippen LogP) is 5.26. The Bertz CT molecular complexity index is 1250. The molecule has 3 aromatic carbocycles. The fraction of sp³-hybridized carbons (Fsp3) is 0.160. The number of amides is 1. The highest BCUT2D eigenvalue weighted by Gasteiger charge is 2.16. The number of hydrogen-bond acceptors (Lipinski definition) is 7. The Morgan fingerprint density at radius 1 is 1.00 bits per heavy atom. The second-order valence-electron chi connectivity index (χ2n) is 7.09. The largest absolute Gasteiger partial charge is 0.493 e. The van der Waals surface area contributed by atoms with Crippen LogP contribution < -0.4 is 24.4 Å². The summed E-state index contributed by atoms with van der Waals surface area (Å²) in [6, 6.07) is 16.4. The number of hydrogen-bond donors (Lipinski definition) is 1. The van der Waals surface area contributed by atoms with Gasteiger partial charge in [0.1, 0.15) is 11.5 Å². The van der Waals surface area contributed by atoms with Crippen molar-refractivity contribution in [1.29, 1.82) is 0 Å². The second kappa shape index (κ2) is 12.2. The number of carbonyl (C=O) groups excluding carboxylic acids is 2. The zero-order valence-corrected chi connectivity index (χ0v) is 21.4. The average Bonchev–Trinajstić information content (AvgIpc) is 2.84. The lowest BCUT2D eigenvalue weighted by Gasteiger charge is -2.13. The Labute approximate surface area is 215 Å². The van der Waals surface area contributed by atoms with Gasteiger partial charge in [-0.2, -0.15) is 5.10 Å². The first kappa shape index (κ1) is 26.1. The van der Waals surface area contributed by atoms with Gasteiger partial charge in [0.2, 0.25) is 0 Å². The van der Waals surface area contributed by atoms with Crippen molar-refractivity contribution in [2.75, 3.05) is 14.2 Å². The minimum absolute atomic E-state index is 0.245. The van der Waals surface area contributed by atoms with E-state index in [1.807, 2.05) is 0 Å². The topological polar surface area (TPSA) is 95.5 Å². The van der Waals surface area contributed by atoms with Gasteiger partial charge in [-0.25, -0.2) is 10.2 Å². The molecule has 0 bridgehead atoms. The molecule has 182 valence electrons. The molecule has 0 aromatic heterocycles. The third-order valence-corrected chi connectivity index (χ3v) is 5.38. The summed E-state index contributed by atoms with van der Waals surface area (Å²) in [4.78, 5) is 25.1. The fourth-order valence-corrected chi connectivity index (χ4v) is 3.45. The van der Waals surface area contributed by atoms with E-state index in [2.05, 4.69) is 26.5 Å². The summed E-state index contributed by atoms with van der Waals surface area (Å²) in [7, 11) is 2.98. The van der Waals surface area contributed by atoms with Crippen LogP contribution in [0.4, 0.5) is 0 Å². The van der Waals surface area contributed by atoms with Crippen molar-refractivity contribution in [3.63, 3.8) is 0 Å². The molecule has 0 saturated heterocycles. The SMILES string of the molecule is COc1ccc(C(=O)Oc2ccc(Br)cc2/C=N\NC(=O)[C@H](C)Oc2cccc(Cl)c2)cc1OC. The molecule has 0 aliphatic rings. The summed E-state index contributed by atoms with van der Waals surface area (Å²) in [5.74, 6) is 0.520. The zero-order valence-electron chi connectivity index (χ0n) is 19.1. The molecule has 0 heterocycles. The van der Waals surface area contributed by atoms with Crippen LogP contribution in [0.25, 0.3) is 0 Å². The maximum absolute atomic E-state index is 12.7. The first-order chi connectivity index (χ1) is 16.8. The molecule has 0 unspecified atom stereocenters. The minimum Gasteiger partial charge on any atom is -0.493 e. The van der Waals surface area contributed by atoms with Crippen LogP contribution in [0, 0.1) is 0 Å². The molecule has 0 fully saturated rings. The van der Waals surface area contributed by atoms with Gasteiger partial charge >= 0.3 is 5.97 Å². The third-order valence-electron chi connectivity index (χ3n) is 4.65. The van der Waals surface area contributed by atoms with Gasteiger partial charge in [0, 0.05) is 15.1 Å². The number of benzene rings is 3. The van der Waals surface area contributed by atoms with Crippen molar-refractivity contribution in [3.8, 4) is 23.0 Å². The molecule has 1 atom stereocenters. The van der Waals surface area contributed by atoms with Gasteiger partial charge in [0.05, 0.1) is 26.0 Å². The molecule has 1 N–H and O–H groups in total. The molecular formula is C25H22BrClN2O6. The van der Waals surface area contributed by atoms with E-state index in [9.17, 15) is 9.59 Å². The highest BCUT2D eigenvalue weighted by Crippen LogP contribution is 2.29. The van der Waals surface area contributed by atoms with Crippen LogP contribution in [0.3, 0.4) is 0 Å². The van der Waals surface area contributed by atoms with E-state index in [1.54, 1.807) is 61.5 Å². The Balaban J connectivity index is 1.69. The van der Waals surface area contributed by atoms with Crippen LogP contribution >= 0.6 is 27.5 Å². The third kappa shape index (κ3) is 7.21. The van der Waals surface area contributed by atoms with Gasteiger partial charge in [-0.15, -0.1) is 0 Å². The summed E-state index contributed by atoms with van der Waals surface area (Å²) in [5, 5.41) is 4.47. The number of nitrogens with zero attached hydrogens (tertiary/aromatic N) is 1. The molecule has 0 saturated carbocycles. The van der Waals surface area contributed by atoms with Crippen molar-refractivity contribution in [2.24, 2.45) is 5.10 Å². The molecule has 0 radical (unpaired) electrons. The van der Waals surface area contributed by atoms with Crippen LogP contribution in [-0.2, 0) is 4.79 Å². The Morgan fingerprint density at radius 2 is 1.74 bits per heavy atom. The van der Waals surface area contributed by atoms with Crippen molar-refractivity contribution in [2.45, 2.75) is 13.0 Å². The molecule has 0 spiro atoms. The molecule has 3 rings (SSSR count). The number of nitrogens with one attached hydrogen (secondary N) is 1. The number of methoxy groups -OCH3 is 2. The van der Waals surface area contributed by atoms with Crippen LogP contribution in [0.1, 0.15) is 22.8 Å². The molecule has 10 heteroatoms. The van der Waals surface area contributed by atoms with Crippen molar-refractivity contribution >= 4 is 45.6 Å². The number of hydrazone groups is 1. The first-order valence-corrected chi connectivity index (χ1v) is 11.5. The van der Waals surface area contributed by atoms with E-state index in [4.69, 9.17) is 30.5 Å². The fourth-order valence-electron chi connectivity index (χ4n) is 2.89. The van der Waals surface area contributed by atoms with Gasteiger partial charge in [0.25, 0.3) is 5.91 Å². The van der Waals surface area contributed by atoms with E-state index < -0.39 is 18.0 Å². The van der Waals surface area contributed by atoms with Gasteiger partial charge in [-0.3, -0.25) is 4.79 Å². The monoisotopic (exact) mass is 560 g/mol. The van der Waals surface area contributed by atoms with Crippen LogP contribution in [-0.4, -0.2) is 38.4 Å². The standard InChI is InChI=1S/C25H22BrClN2O6/c1-15(34-20-6-4-5-19(27)13-20)24(30)29-28-14-17-11-18(26)8-10-21(17)35-25(31)16-7-9-22(32-2)23(12-16)33-3/h4-15H,1-3H3,(H,29,30)/b28-14-/t15-/m0/s1. The van der Waals surface area contributed by atoms with E-state index in [-0.39, 0.29) is 11.3 Å². The van der Waals surface area contributed by atoms with Crippen molar-refractivity contribution < 1.29 is 28.5 Å².